The second-order valence-electron chi connectivity index (χ2n) is 17.1. The molecule has 10 bridgehead atoms. The van der Waals surface area contributed by atoms with Crippen LogP contribution in [0.2, 0.25) is 0 Å². The third-order valence-electron chi connectivity index (χ3n) is 14.9. The zero-order valence-electron chi connectivity index (χ0n) is 29.8. The first kappa shape index (κ1) is 34.5. The van der Waals surface area contributed by atoms with Crippen LogP contribution < -0.4 is 22.9 Å². The summed E-state index contributed by atoms with van der Waals surface area (Å²) in [5, 5.41) is 0. The van der Waals surface area contributed by atoms with E-state index in [0.29, 0.717) is 24.2 Å². The third-order valence-corrected chi connectivity index (χ3v) is 14.9. The fourth-order valence-electron chi connectivity index (χ4n) is 11.8. The first-order chi connectivity index (χ1) is 21.4. The Morgan fingerprint density at radius 3 is 0.622 bits per heavy atom. The van der Waals surface area contributed by atoms with Gasteiger partial charge in [0.05, 0.1) is 0 Å². The first-order valence-corrected chi connectivity index (χ1v) is 19.1. The average Bonchev–Trinajstić information content (AvgIpc) is 3.93. The Kier molecular flexibility index (Phi) is 10.9. The fraction of sp³-hybridized carbons (Fsp3) is 1.00. The molecule has 10 fully saturated rings. The van der Waals surface area contributed by atoms with Crippen molar-refractivity contribution in [1.29, 1.82) is 0 Å². The Morgan fingerprint density at radius 1 is 0.333 bits per heavy atom. The molecular formula is C36H71N9. The zero-order valence-corrected chi connectivity index (χ0v) is 29.8. The summed E-state index contributed by atoms with van der Waals surface area (Å²) in [7, 11) is 11.1. The minimum Gasteiger partial charge on any atom is -0.326 e. The summed E-state index contributed by atoms with van der Waals surface area (Å²) in [6.07, 6.45) is 20.2. The lowest BCUT2D eigenvalue weighted by atomic mass is 9.91. The number of nitrogens with two attached hydrogens (primary N) is 4. The lowest BCUT2D eigenvalue weighted by molar-refractivity contribution is 0.296. The van der Waals surface area contributed by atoms with Crippen molar-refractivity contribution in [2.24, 2.45) is 28.9 Å². The van der Waals surface area contributed by atoms with Crippen LogP contribution >= 0.6 is 0 Å². The van der Waals surface area contributed by atoms with Gasteiger partial charge in [-0.2, -0.15) is 0 Å². The molecule has 0 aromatic carbocycles. The molecule has 0 aromatic heterocycles. The van der Waals surface area contributed by atoms with Crippen LogP contribution in [0.15, 0.2) is 0 Å². The van der Waals surface area contributed by atoms with Crippen LogP contribution in [0.4, 0.5) is 0 Å². The monoisotopic (exact) mass is 630 g/mol. The molecule has 10 heterocycles. The minimum absolute atomic E-state index is 0.480. The van der Waals surface area contributed by atoms with E-state index >= 15 is 0 Å². The van der Waals surface area contributed by atoms with Crippen molar-refractivity contribution in [3.8, 4) is 0 Å². The highest BCUT2D eigenvalue weighted by Crippen LogP contribution is 2.40. The molecule has 0 saturated carbocycles. The maximum Gasteiger partial charge on any atom is 0.0248 e. The highest BCUT2D eigenvalue weighted by Gasteiger charge is 2.45. The van der Waals surface area contributed by atoms with E-state index in [1.165, 1.54) is 96.3 Å². The topological polar surface area (TPSA) is 120 Å². The Hall–Kier alpha value is -0.360. The van der Waals surface area contributed by atoms with Crippen molar-refractivity contribution < 1.29 is 0 Å². The second-order valence-corrected chi connectivity index (χ2v) is 17.1. The Balaban J connectivity index is 0.0000000992. The maximum atomic E-state index is 5.87. The van der Waals surface area contributed by atoms with Gasteiger partial charge in [-0.15, -0.1) is 0 Å². The number of fused-ring (bicyclic) bond motifs is 10. The molecule has 0 spiro atoms. The quantitative estimate of drug-likeness (QED) is 0.320. The van der Waals surface area contributed by atoms with Crippen LogP contribution in [0.25, 0.3) is 0 Å². The number of hydrogen-bond donors (Lipinski definition) is 4. The van der Waals surface area contributed by atoms with Gasteiger partial charge in [0.25, 0.3) is 0 Å². The van der Waals surface area contributed by atoms with Gasteiger partial charge in [-0.05, 0) is 137 Å². The maximum absolute atomic E-state index is 5.87. The van der Waals surface area contributed by atoms with E-state index in [1.807, 2.05) is 0 Å². The lowest BCUT2D eigenvalue weighted by Gasteiger charge is -2.16. The number of likely N-dealkylation sites (N-methyl/N-ethyl adjacent to an activating group) is 4. The largest absolute Gasteiger partial charge is 0.326 e. The van der Waals surface area contributed by atoms with Crippen molar-refractivity contribution in [2.75, 3.05) is 35.2 Å². The number of nitrogens with zero attached hydrogens (tertiary/aromatic N) is 5. The molecule has 10 saturated heterocycles. The molecule has 0 aromatic rings. The molecule has 15 atom stereocenters. The van der Waals surface area contributed by atoms with Gasteiger partial charge >= 0.3 is 0 Å². The average molecular weight is 630 g/mol. The predicted molar refractivity (Wildman–Crippen MR) is 187 cm³/mol. The van der Waals surface area contributed by atoms with E-state index in [4.69, 9.17) is 22.9 Å². The lowest BCUT2D eigenvalue weighted by Crippen LogP contribution is -2.34. The summed E-state index contributed by atoms with van der Waals surface area (Å²) < 4.78 is 0. The van der Waals surface area contributed by atoms with E-state index in [2.05, 4.69) is 66.7 Å². The molecule has 10 rings (SSSR count). The highest BCUT2D eigenvalue weighted by atomic mass is 15.3. The minimum atomic E-state index is 0.480. The van der Waals surface area contributed by atoms with Crippen LogP contribution in [-0.4, -0.2) is 144 Å². The van der Waals surface area contributed by atoms with E-state index in [0.717, 1.165) is 66.3 Å². The third kappa shape index (κ3) is 6.91. The van der Waals surface area contributed by atoms with E-state index in [-0.39, 0.29) is 0 Å². The van der Waals surface area contributed by atoms with E-state index < -0.39 is 0 Å². The van der Waals surface area contributed by atoms with Crippen molar-refractivity contribution in [1.82, 2.24) is 24.5 Å². The molecular weight excluding hydrogens is 558 g/mol. The Morgan fingerprint density at radius 2 is 0.556 bits per heavy atom. The van der Waals surface area contributed by atoms with E-state index in [1.54, 1.807) is 0 Å². The van der Waals surface area contributed by atoms with Crippen LogP contribution in [-0.2, 0) is 0 Å². The molecule has 9 heteroatoms. The highest BCUT2D eigenvalue weighted by molar-refractivity contribution is 5.03. The van der Waals surface area contributed by atoms with Crippen molar-refractivity contribution in [3.05, 3.63) is 0 Å². The molecule has 9 nitrogen and oxygen atoms in total. The van der Waals surface area contributed by atoms with Gasteiger partial charge < -0.3 is 27.8 Å². The fourth-order valence-corrected chi connectivity index (χ4v) is 11.8. The Labute approximate surface area is 276 Å². The number of hydrogen-bond acceptors (Lipinski definition) is 9. The Bertz CT molecular complexity index is 793. The summed E-state index contributed by atoms with van der Waals surface area (Å²) in [4.78, 5) is 12.4. The molecule has 0 amide bonds. The summed E-state index contributed by atoms with van der Waals surface area (Å²) in [5.74, 6) is 0.980. The van der Waals surface area contributed by atoms with Crippen molar-refractivity contribution in [2.45, 2.75) is 188 Å². The van der Waals surface area contributed by atoms with Crippen LogP contribution in [0, 0.1) is 5.92 Å². The van der Waals surface area contributed by atoms with Crippen LogP contribution in [0.1, 0.15) is 103 Å². The summed E-state index contributed by atoms with van der Waals surface area (Å²) >= 11 is 0. The summed E-state index contributed by atoms with van der Waals surface area (Å²) in [6, 6.07) is 9.98. The van der Waals surface area contributed by atoms with Crippen LogP contribution in [0.5, 0.6) is 0 Å². The van der Waals surface area contributed by atoms with Gasteiger partial charge in [-0.3, -0.25) is 19.6 Å². The summed E-state index contributed by atoms with van der Waals surface area (Å²) in [6.45, 7) is 2.39. The molecule has 8 N–H and O–H groups in total. The van der Waals surface area contributed by atoms with Crippen molar-refractivity contribution in [3.63, 3.8) is 0 Å². The second kappa shape index (κ2) is 14.2. The van der Waals surface area contributed by atoms with Crippen LogP contribution in [0.3, 0.4) is 0 Å². The molecule has 10 aliphatic rings. The standard InChI is InChI=1S/C8H15N.4C7H14N2/c1-6-5-7-3-4-8(6)9(7)2;4*1-9-5-2-3-7(9)6(8)4-5/h6-8H,3-5H2,1-2H3;4*5-7H,2-4,8H2,1H3/t6-,7+,8-;4*5-,6+,7+/m11100/s1. The van der Waals surface area contributed by atoms with Gasteiger partial charge in [0.15, 0.2) is 0 Å². The first-order valence-electron chi connectivity index (χ1n) is 19.1. The molecule has 0 radical (unpaired) electrons. The number of rotatable bonds is 0. The van der Waals surface area contributed by atoms with Gasteiger partial charge in [0.2, 0.25) is 0 Å². The molecule has 260 valence electrons. The van der Waals surface area contributed by atoms with Gasteiger partial charge in [-0.25, -0.2) is 0 Å². The molecule has 10 aliphatic heterocycles. The predicted octanol–water partition coefficient (Wildman–Crippen LogP) is 2.21. The SMILES string of the molecule is CN1[C@@H]2CC[C@H]1[C@@H](N)C2.CN1[C@@H]2CC[C@H]1[C@@H](N)C2.CN1[C@H]2CC[C@@H]1[C@H](N)C2.CN1[C@H]2CC[C@@H]1[C@H](N)C2.C[C@@H]1C[C@@H]2CC[C@H]1N2C. The van der Waals surface area contributed by atoms with E-state index in [9.17, 15) is 0 Å². The molecule has 0 aliphatic carbocycles. The normalized spacial score (nSPS) is 50.7. The van der Waals surface area contributed by atoms with Gasteiger partial charge in [0.1, 0.15) is 0 Å². The summed E-state index contributed by atoms with van der Waals surface area (Å²) in [5.41, 5.74) is 23.5. The van der Waals surface area contributed by atoms with Gasteiger partial charge in [0, 0.05) is 84.6 Å². The molecule has 45 heavy (non-hydrogen) atoms. The van der Waals surface area contributed by atoms with Crippen molar-refractivity contribution >= 4 is 0 Å². The zero-order chi connectivity index (χ0) is 32.2. The molecule has 0 unspecified atom stereocenters. The smallest absolute Gasteiger partial charge is 0.0248 e. The van der Waals surface area contributed by atoms with Gasteiger partial charge in [-0.1, -0.05) is 6.92 Å².